The van der Waals surface area contributed by atoms with Gasteiger partial charge < -0.3 is 14.6 Å². The Bertz CT molecular complexity index is 524. The molecule has 2 rings (SSSR count). The number of para-hydroxylation sites is 1. The molecule has 0 radical (unpaired) electrons. The van der Waals surface area contributed by atoms with Crippen LogP contribution in [0.25, 0.3) is 0 Å². The highest BCUT2D eigenvalue weighted by Crippen LogP contribution is 2.32. The Morgan fingerprint density at radius 1 is 1.44 bits per heavy atom. The van der Waals surface area contributed by atoms with Gasteiger partial charge in [0.25, 0.3) is 0 Å². The molecular formula is C19H28O4S2. The number of benzene rings is 1. The number of ether oxygens (including phenoxy) is 2. The van der Waals surface area contributed by atoms with Crippen molar-refractivity contribution in [2.24, 2.45) is 0 Å². The molecule has 0 bridgehead atoms. The zero-order chi connectivity index (χ0) is 17.9. The number of rotatable bonds is 12. The first-order valence-corrected chi connectivity index (χ1v) is 11.1. The summed E-state index contributed by atoms with van der Waals surface area (Å²) in [7, 11) is 0. The fourth-order valence-corrected chi connectivity index (χ4v) is 5.11. The summed E-state index contributed by atoms with van der Waals surface area (Å²) in [6.07, 6.45) is 4.02. The summed E-state index contributed by atoms with van der Waals surface area (Å²) in [5, 5.41) is 9.19. The molecule has 1 aliphatic rings. The fourth-order valence-electron chi connectivity index (χ4n) is 2.67. The van der Waals surface area contributed by atoms with Crippen molar-refractivity contribution in [3.05, 3.63) is 29.8 Å². The molecule has 1 heterocycles. The molecule has 0 amide bonds. The van der Waals surface area contributed by atoms with Gasteiger partial charge in [-0.1, -0.05) is 31.5 Å². The Balaban J connectivity index is 1.53. The predicted octanol–water partition coefficient (Wildman–Crippen LogP) is 4.46. The Hall–Kier alpha value is -0.850. The van der Waals surface area contributed by atoms with E-state index in [4.69, 9.17) is 14.6 Å². The van der Waals surface area contributed by atoms with Crippen molar-refractivity contribution in [3.63, 3.8) is 0 Å². The summed E-state index contributed by atoms with van der Waals surface area (Å²) < 4.78 is 11.6. The lowest BCUT2D eigenvalue weighted by Crippen LogP contribution is -2.07. The van der Waals surface area contributed by atoms with Gasteiger partial charge in [0.05, 0.1) is 13.2 Å². The van der Waals surface area contributed by atoms with Crippen LogP contribution in [0.5, 0.6) is 5.75 Å². The lowest BCUT2D eigenvalue weighted by molar-refractivity contribution is -0.137. The quantitative estimate of drug-likeness (QED) is 0.537. The van der Waals surface area contributed by atoms with E-state index in [0.717, 1.165) is 49.7 Å². The zero-order valence-corrected chi connectivity index (χ0v) is 16.4. The smallest absolute Gasteiger partial charge is 0.303 e. The minimum atomic E-state index is -0.748. The van der Waals surface area contributed by atoms with Gasteiger partial charge in [-0.3, -0.25) is 4.79 Å². The first-order chi connectivity index (χ1) is 12.2. The highest BCUT2D eigenvalue weighted by molar-refractivity contribution is 8.03. The van der Waals surface area contributed by atoms with Crippen molar-refractivity contribution in [1.82, 2.24) is 0 Å². The molecule has 2 atom stereocenters. The van der Waals surface area contributed by atoms with Gasteiger partial charge in [-0.2, -0.15) is 11.8 Å². The van der Waals surface area contributed by atoms with Crippen LogP contribution in [0.1, 0.15) is 38.2 Å². The number of carbonyl (C=O) groups is 1. The van der Waals surface area contributed by atoms with Gasteiger partial charge in [-0.15, -0.1) is 11.8 Å². The van der Waals surface area contributed by atoms with Gasteiger partial charge in [-0.05, 0) is 36.6 Å². The SMILES string of the molecule is CCCc1ccccc1OCCCSCC1COC(CCC(=O)O)S1. The van der Waals surface area contributed by atoms with Gasteiger partial charge in [0.1, 0.15) is 11.2 Å². The summed E-state index contributed by atoms with van der Waals surface area (Å²) in [6, 6.07) is 8.30. The normalized spacial score (nSPS) is 19.9. The van der Waals surface area contributed by atoms with Crippen LogP contribution in [0.3, 0.4) is 0 Å². The summed E-state index contributed by atoms with van der Waals surface area (Å²) >= 11 is 3.71. The van der Waals surface area contributed by atoms with E-state index in [0.29, 0.717) is 11.7 Å². The number of hydrogen-bond acceptors (Lipinski definition) is 5. The minimum absolute atomic E-state index is 0.0556. The van der Waals surface area contributed by atoms with Crippen molar-refractivity contribution in [3.8, 4) is 5.75 Å². The maximum atomic E-state index is 10.6. The van der Waals surface area contributed by atoms with Crippen molar-refractivity contribution in [2.45, 2.75) is 49.7 Å². The Morgan fingerprint density at radius 3 is 3.08 bits per heavy atom. The van der Waals surface area contributed by atoms with E-state index < -0.39 is 5.97 Å². The van der Waals surface area contributed by atoms with Crippen LogP contribution in [-0.4, -0.2) is 46.5 Å². The van der Waals surface area contributed by atoms with Crippen LogP contribution >= 0.6 is 23.5 Å². The topological polar surface area (TPSA) is 55.8 Å². The summed E-state index contributed by atoms with van der Waals surface area (Å²) in [6.45, 7) is 3.68. The standard InChI is InChI=1S/C19H28O4S2/c1-2-6-15-7-3-4-8-17(15)22-11-5-12-24-14-16-13-23-19(25-16)10-9-18(20)21/h3-4,7-8,16,19H,2,5-6,9-14H2,1H3,(H,20,21). The van der Waals surface area contributed by atoms with Crippen molar-refractivity contribution in [2.75, 3.05) is 24.7 Å². The molecule has 0 aliphatic carbocycles. The molecule has 6 heteroatoms. The third kappa shape index (κ3) is 7.92. The molecule has 1 fully saturated rings. The molecule has 2 unspecified atom stereocenters. The van der Waals surface area contributed by atoms with Gasteiger partial charge in [0, 0.05) is 17.4 Å². The lowest BCUT2D eigenvalue weighted by Gasteiger charge is -2.11. The highest BCUT2D eigenvalue weighted by Gasteiger charge is 2.26. The van der Waals surface area contributed by atoms with E-state index in [-0.39, 0.29) is 11.9 Å². The van der Waals surface area contributed by atoms with Crippen molar-refractivity contribution < 1.29 is 19.4 Å². The molecule has 140 valence electrons. The lowest BCUT2D eigenvalue weighted by atomic mass is 10.1. The number of aryl methyl sites for hydroxylation is 1. The zero-order valence-electron chi connectivity index (χ0n) is 14.8. The van der Waals surface area contributed by atoms with Crippen molar-refractivity contribution >= 4 is 29.5 Å². The largest absolute Gasteiger partial charge is 0.493 e. The molecule has 0 saturated carbocycles. The van der Waals surface area contributed by atoms with Crippen LogP contribution in [-0.2, 0) is 16.0 Å². The first kappa shape index (κ1) is 20.5. The maximum absolute atomic E-state index is 10.6. The van der Waals surface area contributed by atoms with Crippen LogP contribution < -0.4 is 4.74 Å². The number of hydrogen-bond donors (Lipinski definition) is 1. The minimum Gasteiger partial charge on any atom is -0.493 e. The van der Waals surface area contributed by atoms with Gasteiger partial charge in [-0.25, -0.2) is 0 Å². The third-order valence-corrected chi connectivity index (χ3v) is 6.68. The molecule has 1 aromatic rings. The monoisotopic (exact) mass is 384 g/mol. The Morgan fingerprint density at radius 2 is 2.28 bits per heavy atom. The number of carboxylic acid groups (broad SMARTS) is 1. The molecule has 25 heavy (non-hydrogen) atoms. The van der Waals surface area contributed by atoms with Gasteiger partial charge in [0.2, 0.25) is 0 Å². The second-order valence-electron chi connectivity index (χ2n) is 6.09. The van der Waals surface area contributed by atoms with Gasteiger partial charge >= 0.3 is 5.97 Å². The second kappa shape index (κ2) is 11.7. The number of aliphatic carboxylic acids is 1. The molecule has 1 saturated heterocycles. The van der Waals surface area contributed by atoms with Crippen LogP contribution in [0, 0.1) is 0 Å². The average molecular weight is 385 g/mol. The molecule has 1 N–H and O–H groups in total. The van der Waals surface area contributed by atoms with E-state index in [2.05, 4.69) is 25.1 Å². The second-order valence-corrected chi connectivity index (χ2v) is 8.70. The van der Waals surface area contributed by atoms with E-state index >= 15 is 0 Å². The predicted molar refractivity (Wildman–Crippen MR) is 106 cm³/mol. The molecule has 1 aliphatic heterocycles. The van der Waals surface area contributed by atoms with E-state index in [1.54, 1.807) is 11.8 Å². The number of thioether (sulfide) groups is 2. The molecular weight excluding hydrogens is 356 g/mol. The Kier molecular flexibility index (Phi) is 9.58. The van der Waals surface area contributed by atoms with E-state index in [1.165, 1.54) is 5.56 Å². The molecule has 4 nitrogen and oxygen atoms in total. The van der Waals surface area contributed by atoms with Crippen LogP contribution in [0.2, 0.25) is 0 Å². The molecule has 1 aromatic carbocycles. The summed E-state index contributed by atoms with van der Waals surface area (Å²) in [5.74, 6) is 2.41. The molecule has 0 aromatic heterocycles. The highest BCUT2D eigenvalue weighted by atomic mass is 32.2. The average Bonchev–Trinajstić information content (AvgIpc) is 3.05. The van der Waals surface area contributed by atoms with Crippen LogP contribution in [0.15, 0.2) is 24.3 Å². The van der Waals surface area contributed by atoms with Gasteiger partial charge in [0.15, 0.2) is 0 Å². The Labute approximate surface area is 159 Å². The summed E-state index contributed by atoms with van der Waals surface area (Å²) in [5.41, 5.74) is 1.35. The van der Waals surface area contributed by atoms with Crippen LogP contribution in [0.4, 0.5) is 0 Å². The molecule has 0 spiro atoms. The number of carboxylic acids is 1. The van der Waals surface area contributed by atoms with E-state index in [1.807, 2.05) is 17.8 Å². The van der Waals surface area contributed by atoms with Crippen molar-refractivity contribution in [1.29, 1.82) is 0 Å². The maximum Gasteiger partial charge on any atom is 0.303 e. The first-order valence-electron chi connectivity index (χ1n) is 8.96. The van der Waals surface area contributed by atoms with E-state index in [9.17, 15) is 4.79 Å². The third-order valence-electron chi connectivity index (χ3n) is 3.89. The summed E-state index contributed by atoms with van der Waals surface area (Å²) in [4.78, 5) is 10.6. The fraction of sp³-hybridized carbons (Fsp3) is 0.632.